The molecule has 2 unspecified atom stereocenters. The highest BCUT2D eigenvalue weighted by atomic mass is 32.2. The van der Waals surface area contributed by atoms with Crippen LogP contribution in [0.1, 0.15) is 30.7 Å². The van der Waals surface area contributed by atoms with E-state index in [-0.39, 0.29) is 4.90 Å². The second kappa shape index (κ2) is 7.23. The fourth-order valence-corrected chi connectivity index (χ4v) is 5.62. The molecular formula is C20H21N3O5S. The van der Waals surface area contributed by atoms with Crippen LogP contribution in [0.25, 0.3) is 22.0 Å². The first kappa shape index (κ1) is 19.5. The first-order chi connectivity index (χ1) is 13.8. The van der Waals surface area contributed by atoms with Crippen molar-refractivity contribution in [2.24, 2.45) is 5.92 Å². The van der Waals surface area contributed by atoms with Crippen LogP contribution < -0.4 is 4.72 Å². The molecule has 0 amide bonds. The number of sulfonamides is 1. The molecule has 152 valence electrons. The van der Waals surface area contributed by atoms with Crippen LogP contribution in [-0.4, -0.2) is 35.7 Å². The zero-order valence-corrected chi connectivity index (χ0v) is 16.9. The van der Waals surface area contributed by atoms with E-state index in [0.717, 1.165) is 5.56 Å². The van der Waals surface area contributed by atoms with E-state index in [2.05, 4.69) is 14.9 Å². The molecule has 9 heteroatoms. The van der Waals surface area contributed by atoms with E-state index in [9.17, 15) is 18.3 Å². The Morgan fingerprint density at radius 3 is 2.76 bits per heavy atom. The first-order valence-corrected chi connectivity index (χ1v) is 10.8. The molecule has 0 radical (unpaired) electrons. The van der Waals surface area contributed by atoms with Crippen LogP contribution >= 0.6 is 0 Å². The molecule has 4 rings (SSSR count). The van der Waals surface area contributed by atoms with Crippen molar-refractivity contribution in [3.63, 3.8) is 0 Å². The Balaban J connectivity index is 1.85. The summed E-state index contributed by atoms with van der Waals surface area (Å²) in [4.78, 5) is 15.9. The first-order valence-electron chi connectivity index (χ1n) is 9.35. The molecule has 2 heterocycles. The smallest absolute Gasteiger partial charge is 0.308 e. The van der Waals surface area contributed by atoms with Gasteiger partial charge < -0.3 is 9.63 Å². The van der Waals surface area contributed by atoms with Crippen molar-refractivity contribution in [2.45, 2.75) is 44.0 Å². The third kappa shape index (κ3) is 3.51. The van der Waals surface area contributed by atoms with E-state index < -0.39 is 28.0 Å². The maximum absolute atomic E-state index is 13.3. The van der Waals surface area contributed by atoms with Crippen LogP contribution in [-0.2, 0) is 14.8 Å². The average Bonchev–Trinajstić information content (AvgIpc) is 3.26. The number of nitrogens with one attached hydrogen (secondary N) is 1. The minimum atomic E-state index is -3.98. The van der Waals surface area contributed by atoms with Gasteiger partial charge in [0.1, 0.15) is 5.76 Å². The highest BCUT2D eigenvalue weighted by molar-refractivity contribution is 7.89. The van der Waals surface area contributed by atoms with Gasteiger partial charge in [-0.1, -0.05) is 11.6 Å². The fraction of sp³-hybridized carbons (Fsp3) is 0.350. The fourth-order valence-electron chi connectivity index (χ4n) is 4.07. The van der Waals surface area contributed by atoms with E-state index >= 15 is 0 Å². The molecule has 1 saturated carbocycles. The lowest BCUT2D eigenvalue weighted by molar-refractivity contribution is -0.141. The number of aryl methyl sites for hydroxylation is 2. The average molecular weight is 415 g/mol. The van der Waals surface area contributed by atoms with Crippen LogP contribution in [0.2, 0.25) is 0 Å². The Bertz CT molecular complexity index is 1180. The van der Waals surface area contributed by atoms with Gasteiger partial charge in [0.25, 0.3) is 0 Å². The molecule has 1 aliphatic rings. The summed E-state index contributed by atoms with van der Waals surface area (Å²) in [5, 5.41) is 13.8. The molecule has 29 heavy (non-hydrogen) atoms. The summed E-state index contributed by atoms with van der Waals surface area (Å²) < 4.78 is 34.4. The number of aliphatic carboxylic acids is 1. The van der Waals surface area contributed by atoms with Crippen molar-refractivity contribution in [3.8, 4) is 11.1 Å². The second-order valence-corrected chi connectivity index (χ2v) is 9.03. The Kier molecular flexibility index (Phi) is 4.87. The Labute approximate surface area is 168 Å². The highest BCUT2D eigenvalue weighted by Gasteiger charge is 2.36. The van der Waals surface area contributed by atoms with Gasteiger partial charge in [0, 0.05) is 23.2 Å². The van der Waals surface area contributed by atoms with E-state index in [1.54, 1.807) is 44.3 Å². The molecule has 2 atom stereocenters. The zero-order valence-electron chi connectivity index (χ0n) is 16.0. The summed E-state index contributed by atoms with van der Waals surface area (Å²) in [6.45, 7) is 3.55. The van der Waals surface area contributed by atoms with Crippen molar-refractivity contribution >= 4 is 26.9 Å². The van der Waals surface area contributed by atoms with E-state index in [1.807, 2.05) is 0 Å². The number of nitrogens with zero attached hydrogens (tertiary/aromatic N) is 2. The molecule has 2 aromatic heterocycles. The third-order valence-corrected chi connectivity index (χ3v) is 6.96. The Morgan fingerprint density at radius 1 is 1.28 bits per heavy atom. The molecule has 1 aliphatic carbocycles. The van der Waals surface area contributed by atoms with Crippen molar-refractivity contribution < 1.29 is 22.8 Å². The molecule has 0 saturated heterocycles. The lowest BCUT2D eigenvalue weighted by atomic mass is 10.0. The maximum atomic E-state index is 13.3. The quantitative estimate of drug-likeness (QED) is 0.656. The predicted molar refractivity (Wildman–Crippen MR) is 106 cm³/mol. The van der Waals surface area contributed by atoms with Gasteiger partial charge in [-0.15, -0.1) is 0 Å². The zero-order chi connectivity index (χ0) is 20.8. The van der Waals surface area contributed by atoms with Gasteiger partial charge in [-0.05, 0) is 56.5 Å². The normalized spacial score (nSPS) is 19.7. The number of fused-ring (bicyclic) bond motifs is 1. The topological polar surface area (TPSA) is 122 Å². The molecule has 1 aromatic carbocycles. The van der Waals surface area contributed by atoms with Gasteiger partial charge in [-0.3, -0.25) is 9.78 Å². The monoisotopic (exact) mass is 415 g/mol. The summed E-state index contributed by atoms with van der Waals surface area (Å²) in [7, 11) is -3.98. The molecule has 1 fully saturated rings. The number of hydrogen-bond acceptors (Lipinski definition) is 6. The van der Waals surface area contributed by atoms with Gasteiger partial charge in [-0.25, -0.2) is 13.1 Å². The molecule has 3 aromatic rings. The molecule has 2 N–H and O–H groups in total. The van der Waals surface area contributed by atoms with Gasteiger partial charge in [0.2, 0.25) is 10.0 Å². The number of carboxylic acid groups (broad SMARTS) is 1. The van der Waals surface area contributed by atoms with Crippen LogP contribution in [0.15, 0.2) is 39.9 Å². The number of aromatic nitrogens is 2. The molecule has 0 aliphatic heterocycles. The lowest BCUT2D eigenvalue weighted by Crippen LogP contribution is -2.40. The Hall–Kier alpha value is -2.78. The number of pyridine rings is 1. The largest absolute Gasteiger partial charge is 0.481 e. The number of hydrogen-bond donors (Lipinski definition) is 2. The maximum Gasteiger partial charge on any atom is 0.308 e. The van der Waals surface area contributed by atoms with Crippen molar-refractivity contribution in [2.75, 3.05) is 0 Å². The molecule has 0 bridgehead atoms. The number of rotatable bonds is 5. The predicted octanol–water partition coefficient (Wildman–Crippen LogP) is 3.04. The van der Waals surface area contributed by atoms with Gasteiger partial charge in [0.15, 0.2) is 0 Å². The molecule has 8 nitrogen and oxygen atoms in total. The standard InChI is InChI=1S/C20H21N3O5S/c1-11-19(12(2)28-22-11)13-9-17-14(6-4-8-21-17)18(10-13)29(26,27)23-16-7-3-5-15(16)20(24)25/h4,6,8-10,15-16,23H,3,5,7H2,1-2H3,(H,24,25). The third-order valence-electron chi connectivity index (χ3n) is 5.43. The van der Waals surface area contributed by atoms with Crippen molar-refractivity contribution in [1.82, 2.24) is 14.9 Å². The van der Waals surface area contributed by atoms with Gasteiger partial charge in [0.05, 0.1) is 22.0 Å². The van der Waals surface area contributed by atoms with E-state index in [4.69, 9.17) is 4.52 Å². The minimum absolute atomic E-state index is 0.0640. The van der Waals surface area contributed by atoms with Crippen molar-refractivity contribution in [1.29, 1.82) is 0 Å². The summed E-state index contributed by atoms with van der Waals surface area (Å²) in [5.74, 6) is -1.12. The summed E-state index contributed by atoms with van der Waals surface area (Å²) in [6, 6.07) is 6.11. The summed E-state index contributed by atoms with van der Waals surface area (Å²) >= 11 is 0. The SMILES string of the molecule is Cc1noc(C)c1-c1cc(S(=O)(=O)NC2CCCC2C(=O)O)c2cccnc2c1. The summed E-state index contributed by atoms with van der Waals surface area (Å²) in [5.41, 5.74) is 2.52. The molecule has 0 spiro atoms. The number of benzene rings is 1. The van der Waals surface area contributed by atoms with E-state index in [0.29, 0.717) is 47.2 Å². The van der Waals surface area contributed by atoms with E-state index in [1.165, 1.54) is 0 Å². The van der Waals surface area contributed by atoms with Crippen LogP contribution in [0, 0.1) is 19.8 Å². The van der Waals surface area contributed by atoms with Gasteiger partial charge in [-0.2, -0.15) is 0 Å². The number of carboxylic acids is 1. The highest BCUT2D eigenvalue weighted by Crippen LogP contribution is 2.34. The van der Waals surface area contributed by atoms with Crippen LogP contribution in [0.4, 0.5) is 0 Å². The molecular weight excluding hydrogens is 394 g/mol. The van der Waals surface area contributed by atoms with Crippen LogP contribution in [0.3, 0.4) is 0 Å². The minimum Gasteiger partial charge on any atom is -0.481 e. The van der Waals surface area contributed by atoms with Crippen molar-refractivity contribution in [3.05, 3.63) is 41.9 Å². The summed E-state index contributed by atoms with van der Waals surface area (Å²) in [6.07, 6.45) is 3.23. The Morgan fingerprint density at radius 2 is 2.07 bits per heavy atom. The lowest BCUT2D eigenvalue weighted by Gasteiger charge is -2.19. The second-order valence-electron chi connectivity index (χ2n) is 7.35. The number of carbonyl (C=O) groups is 1. The van der Waals surface area contributed by atoms with Gasteiger partial charge >= 0.3 is 5.97 Å². The van der Waals surface area contributed by atoms with Crippen LogP contribution in [0.5, 0.6) is 0 Å².